The van der Waals surface area contributed by atoms with Crippen LogP contribution in [0.15, 0.2) is 60.7 Å². The van der Waals surface area contributed by atoms with E-state index in [2.05, 4.69) is 20.8 Å². The van der Waals surface area contributed by atoms with E-state index < -0.39 is 6.16 Å². The summed E-state index contributed by atoms with van der Waals surface area (Å²) >= 11 is 0. The number of hydrogen-bond acceptors (Lipinski definition) is 5. The Morgan fingerprint density at radius 2 is 0.886 bits per heavy atom. The first kappa shape index (κ1) is 36.9. The van der Waals surface area contributed by atoms with Gasteiger partial charge in [-0.25, -0.2) is 4.79 Å². The van der Waals surface area contributed by atoms with E-state index in [9.17, 15) is 9.90 Å². The van der Waals surface area contributed by atoms with Crippen LogP contribution in [-0.4, -0.2) is 31.1 Å². The molecule has 0 bridgehead atoms. The summed E-state index contributed by atoms with van der Waals surface area (Å²) in [7, 11) is 0. The molecule has 0 unspecified atom stereocenters. The normalized spacial score (nSPS) is 10.6. The Morgan fingerprint density at radius 3 is 1.23 bits per heavy atom. The highest BCUT2D eigenvalue weighted by Gasteiger charge is 2.32. The molecule has 0 fully saturated rings. The largest absolute Gasteiger partial charge is 0.511 e. The molecule has 0 atom stereocenters. The Hall–Kier alpha value is -3.32. The maximum absolute atomic E-state index is 12.2. The van der Waals surface area contributed by atoms with E-state index in [1.165, 1.54) is 0 Å². The van der Waals surface area contributed by atoms with Crippen molar-refractivity contribution in [2.75, 3.05) is 19.8 Å². The van der Waals surface area contributed by atoms with E-state index >= 15 is 0 Å². The first-order valence-corrected chi connectivity index (χ1v) is 16.3. The fraction of sp³-hybridized carbons (Fsp3) is 0.486. The fourth-order valence-corrected chi connectivity index (χ4v) is 5.10. The molecule has 3 rings (SSSR count). The predicted molar refractivity (Wildman–Crippen MR) is 185 cm³/mol. The van der Waals surface area contributed by atoms with E-state index in [0.29, 0.717) is 48.2 Å². The molecule has 1 N–H and O–H groups in total. The van der Waals surface area contributed by atoms with Crippen molar-refractivity contribution >= 4 is 19.7 Å². The van der Waals surface area contributed by atoms with Crippen molar-refractivity contribution in [3.8, 4) is 45.3 Å². The number of carboxylic acid groups (broad SMARTS) is 1. The lowest BCUT2D eigenvalue weighted by molar-refractivity contribution is 0.139. The number of unbranched alkanes of at least 4 members (excludes halogenated alkanes) is 9. The van der Waals surface area contributed by atoms with Gasteiger partial charge in [-0.1, -0.05) is 139 Å². The summed E-state index contributed by atoms with van der Waals surface area (Å²) in [6, 6.07) is 19.7. The van der Waals surface area contributed by atoms with Gasteiger partial charge in [-0.3, -0.25) is 0 Å². The summed E-state index contributed by atoms with van der Waals surface area (Å²) in [5.41, 5.74) is 3.08. The molecule has 44 heavy (non-hydrogen) atoms. The molecule has 242 valence electrons. The van der Waals surface area contributed by atoms with Crippen LogP contribution < -0.4 is 18.9 Å². The molecular weight excluding hydrogens is 572 g/mol. The standard InChI is InChI=1S/C37H50O6.H2S/c1-4-7-10-19-26-40-33-31(29-22-15-13-16-23-29)34(41-27-20-11-8-5-2)36(43-37(38)39)35(42-28-21-12-9-6-3)32(33)30-24-17-14-18-25-30;/h13-18,22-25H,4-12,19-21,26-28H2,1-3H3,(H,38,39);1H2. The zero-order chi connectivity index (χ0) is 30.7. The molecule has 0 saturated carbocycles. The average Bonchev–Trinajstić information content (AvgIpc) is 3.02. The number of benzene rings is 3. The van der Waals surface area contributed by atoms with E-state index in [4.69, 9.17) is 18.9 Å². The molecule has 0 aliphatic carbocycles. The lowest BCUT2D eigenvalue weighted by atomic mass is 9.94. The van der Waals surface area contributed by atoms with Crippen molar-refractivity contribution in [2.45, 2.75) is 97.8 Å². The van der Waals surface area contributed by atoms with Crippen LogP contribution >= 0.6 is 13.5 Å². The summed E-state index contributed by atoms with van der Waals surface area (Å²) in [6.07, 6.45) is 11.0. The maximum atomic E-state index is 12.2. The smallest absolute Gasteiger partial charge is 0.492 e. The molecular formula is C37H52O6S. The molecule has 6 nitrogen and oxygen atoms in total. The third kappa shape index (κ3) is 11.3. The third-order valence-electron chi connectivity index (χ3n) is 7.37. The van der Waals surface area contributed by atoms with Crippen LogP contribution in [0.3, 0.4) is 0 Å². The minimum atomic E-state index is -1.42. The lowest BCUT2D eigenvalue weighted by Gasteiger charge is -2.26. The van der Waals surface area contributed by atoms with Gasteiger partial charge in [0.1, 0.15) is 5.75 Å². The Kier molecular flexibility index (Phi) is 17.9. The van der Waals surface area contributed by atoms with Gasteiger partial charge >= 0.3 is 6.16 Å². The quantitative estimate of drug-likeness (QED) is 0.0722. The minimum Gasteiger partial charge on any atom is -0.492 e. The minimum absolute atomic E-state index is 0. The SMILES string of the molecule is CCCCCCOc1c(OC(=O)O)c(OCCCCCC)c(-c2ccccc2)c(OCCCCCC)c1-c1ccccc1.S. The van der Waals surface area contributed by atoms with Crippen molar-refractivity contribution in [1.82, 2.24) is 0 Å². The van der Waals surface area contributed by atoms with Crippen LogP contribution in [0.2, 0.25) is 0 Å². The molecule has 3 aromatic carbocycles. The second-order valence-electron chi connectivity index (χ2n) is 10.9. The maximum Gasteiger partial charge on any atom is 0.511 e. The predicted octanol–water partition coefficient (Wildman–Crippen LogP) is 11.1. The Balaban J connectivity index is 0.00000675. The first-order valence-electron chi connectivity index (χ1n) is 16.3. The van der Waals surface area contributed by atoms with Crippen LogP contribution in [0.4, 0.5) is 4.79 Å². The van der Waals surface area contributed by atoms with Gasteiger partial charge in [0, 0.05) is 0 Å². The molecule has 0 aliphatic rings. The highest BCUT2D eigenvalue weighted by atomic mass is 32.1. The second kappa shape index (κ2) is 21.4. The molecule has 0 spiro atoms. The van der Waals surface area contributed by atoms with Crippen LogP contribution in [-0.2, 0) is 0 Å². The van der Waals surface area contributed by atoms with Gasteiger partial charge < -0.3 is 24.1 Å². The zero-order valence-electron chi connectivity index (χ0n) is 26.9. The van der Waals surface area contributed by atoms with Crippen LogP contribution in [0.5, 0.6) is 23.0 Å². The summed E-state index contributed by atoms with van der Waals surface area (Å²) in [5.74, 6) is 1.39. The Morgan fingerprint density at radius 1 is 0.523 bits per heavy atom. The van der Waals surface area contributed by atoms with E-state index in [-0.39, 0.29) is 19.2 Å². The van der Waals surface area contributed by atoms with E-state index in [1.54, 1.807) is 0 Å². The van der Waals surface area contributed by atoms with Crippen molar-refractivity contribution < 1.29 is 28.8 Å². The van der Waals surface area contributed by atoms with E-state index in [0.717, 1.165) is 88.2 Å². The summed E-state index contributed by atoms with van der Waals surface area (Å²) in [5, 5.41) is 9.95. The van der Waals surface area contributed by atoms with Crippen LogP contribution in [0.25, 0.3) is 22.3 Å². The molecule has 0 heterocycles. The summed E-state index contributed by atoms with van der Waals surface area (Å²) in [6.45, 7) is 7.90. The zero-order valence-corrected chi connectivity index (χ0v) is 27.9. The van der Waals surface area contributed by atoms with Crippen molar-refractivity contribution in [2.24, 2.45) is 0 Å². The van der Waals surface area contributed by atoms with Gasteiger partial charge in [0.05, 0.1) is 30.9 Å². The molecule has 3 aromatic rings. The van der Waals surface area contributed by atoms with Gasteiger partial charge in [0.25, 0.3) is 0 Å². The Labute approximate surface area is 271 Å². The highest BCUT2D eigenvalue weighted by Crippen LogP contribution is 2.57. The van der Waals surface area contributed by atoms with Crippen molar-refractivity contribution in [1.29, 1.82) is 0 Å². The molecule has 0 aliphatic heterocycles. The highest BCUT2D eigenvalue weighted by molar-refractivity contribution is 7.59. The first-order chi connectivity index (χ1) is 21.1. The number of rotatable bonds is 21. The molecule has 0 saturated heterocycles. The van der Waals surface area contributed by atoms with Crippen LogP contribution in [0.1, 0.15) is 97.8 Å². The third-order valence-corrected chi connectivity index (χ3v) is 7.37. The van der Waals surface area contributed by atoms with Crippen molar-refractivity contribution in [3.05, 3.63) is 60.7 Å². The van der Waals surface area contributed by atoms with Gasteiger partial charge in [0.2, 0.25) is 5.75 Å². The van der Waals surface area contributed by atoms with Gasteiger partial charge in [-0.15, -0.1) is 0 Å². The van der Waals surface area contributed by atoms with Crippen LogP contribution in [0, 0.1) is 0 Å². The number of carbonyl (C=O) groups is 1. The second-order valence-corrected chi connectivity index (χ2v) is 10.9. The molecule has 0 aromatic heterocycles. The van der Waals surface area contributed by atoms with E-state index in [1.807, 2.05) is 60.7 Å². The van der Waals surface area contributed by atoms with Crippen molar-refractivity contribution in [3.63, 3.8) is 0 Å². The van der Waals surface area contributed by atoms with Gasteiger partial charge in [-0.2, -0.15) is 13.5 Å². The molecule has 0 radical (unpaired) electrons. The topological polar surface area (TPSA) is 74.2 Å². The average molecular weight is 625 g/mol. The monoisotopic (exact) mass is 624 g/mol. The van der Waals surface area contributed by atoms with Gasteiger partial charge in [-0.05, 0) is 30.4 Å². The number of ether oxygens (including phenoxy) is 4. The molecule has 0 amide bonds. The fourth-order valence-electron chi connectivity index (χ4n) is 5.10. The van der Waals surface area contributed by atoms with Gasteiger partial charge in [0.15, 0.2) is 11.5 Å². The summed E-state index contributed by atoms with van der Waals surface area (Å²) < 4.78 is 25.2. The summed E-state index contributed by atoms with van der Waals surface area (Å²) in [4.78, 5) is 12.2. The Bertz CT molecular complexity index is 1140. The molecule has 7 heteroatoms. The number of hydrogen-bond donors (Lipinski definition) is 1. The lowest BCUT2D eigenvalue weighted by Crippen LogP contribution is -2.12.